The highest BCUT2D eigenvalue weighted by Crippen LogP contribution is 2.20. The zero-order valence-corrected chi connectivity index (χ0v) is 20.2. The number of unbranched alkanes of at least 4 members (excludes halogenated alkanes) is 9. The molecule has 2 aromatic rings. The predicted molar refractivity (Wildman–Crippen MR) is 133 cm³/mol. The van der Waals surface area contributed by atoms with E-state index in [-0.39, 0.29) is 0 Å². The summed E-state index contributed by atoms with van der Waals surface area (Å²) in [6.07, 6.45) is 20.7. The summed E-state index contributed by atoms with van der Waals surface area (Å²) in [5.41, 5.74) is 2.28. The molecule has 1 aromatic carbocycles. The van der Waals surface area contributed by atoms with E-state index in [1.807, 2.05) is 24.5 Å². The van der Waals surface area contributed by atoms with Crippen molar-refractivity contribution in [1.82, 2.24) is 9.97 Å². The fourth-order valence-corrected chi connectivity index (χ4v) is 3.82. The number of rotatable bonds is 17. The minimum Gasteiger partial charge on any atom is -0.494 e. The predicted octanol–water partition coefficient (Wildman–Crippen LogP) is 8.42. The first-order valence-electron chi connectivity index (χ1n) is 12.7. The molecule has 0 amide bonds. The minimum absolute atomic E-state index is 0.791. The van der Waals surface area contributed by atoms with Crippen LogP contribution in [-0.4, -0.2) is 16.6 Å². The first kappa shape index (κ1) is 25.4. The summed E-state index contributed by atoms with van der Waals surface area (Å²) in [6, 6.07) is 8.19. The molecule has 1 heterocycles. The van der Waals surface area contributed by atoms with Crippen LogP contribution < -0.4 is 4.74 Å². The molecular formula is C28H44N2O. The number of aryl methyl sites for hydroxylation is 1. The van der Waals surface area contributed by atoms with Crippen molar-refractivity contribution in [3.8, 4) is 17.1 Å². The molecule has 0 atom stereocenters. The van der Waals surface area contributed by atoms with Gasteiger partial charge in [-0.05, 0) is 55.0 Å². The fraction of sp³-hybridized carbons (Fsp3) is 0.643. The van der Waals surface area contributed by atoms with Crippen LogP contribution in [-0.2, 0) is 6.42 Å². The van der Waals surface area contributed by atoms with Gasteiger partial charge in [0.05, 0.1) is 6.61 Å². The number of aromatic nitrogens is 2. The SMILES string of the molecule is CCCCCCCc1cnc(-c2ccc(OCCCCCCCCC(C)C)cc2)nc1. The highest BCUT2D eigenvalue weighted by atomic mass is 16.5. The zero-order chi connectivity index (χ0) is 22.2. The highest BCUT2D eigenvalue weighted by Gasteiger charge is 2.03. The van der Waals surface area contributed by atoms with Crippen LogP contribution in [0.15, 0.2) is 36.7 Å². The van der Waals surface area contributed by atoms with Gasteiger partial charge >= 0.3 is 0 Å². The Labute approximate surface area is 191 Å². The van der Waals surface area contributed by atoms with Gasteiger partial charge in [-0.2, -0.15) is 0 Å². The van der Waals surface area contributed by atoms with E-state index in [2.05, 4.69) is 42.9 Å². The molecule has 3 nitrogen and oxygen atoms in total. The fourth-order valence-electron chi connectivity index (χ4n) is 3.82. The molecule has 0 spiro atoms. The van der Waals surface area contributed by atoms with Crippen LogP contribution in [0.1, 0.15) is 103 Å². The Morgan fingerprint density at radius 2 is 1.35 bits per heavy atom. The summed E-state index contributed by atoms with van der Waals surface area (Å²) < 4.78 is 5.91. The number of hydrogen-bond acceptors (Lipinski definition) is 3. The van der Waals surface area contributed by atoms with E-state index in [0.717, 1.165) is 42.5 Å². The molecule has 0 unspecified atom stereocenters. The highest BCUT2D eigenvalue weighted by molar-refractivity contribution is 5.55. The smallest absolute Gasteiger partial charge is 0.159 e. The number of nitrogens with zero attached hydrogens (tertiary/aromatic N) is 2. The second-order valence-corrected chi connectivity index (χ2v) is 9.26. The van der Waals surface area contributed by atoms with Gasteiger partial charge < -0.3 is 4.74 Å². The van der Waals surface area contributed by atoms with Gasteiger partial charge in [0.1, 0.15) is 5.75 Å². The van der Waals surface area contributed by atoms with E-state index in [4.69, 9.17) is 4.74 Å². The maximum absolute atomic E-state index is 5.91. The van der Waals surface area contributed by atoms with Gasteiger partial charge in [0, 0.05) is 18.0 Å². The van der Waals surface area contributed by atoms with Crippen LogP contribution in [0.4, 0.5) is 0 Å². The molecule has 0 bridgehead atoms. The summed E-state index contributed by atoms with van der Waals surface area (Å²) in [5, 5.41) is 0. The van der Waals surface area contributed by atoms with Crippen LogP contribution in [0.25, 0.3) is 11.4 Å². The van der Waals surface area contributed by atoms with E-state index in [1.54, 1.807) is 0 Å². The van der Waals surface area contributed by atoms with Crippen molar-refractivity contribution >= 4 is 0 Å². The van der Waals surface area contributed by atoms with Crippen LogP contribution in [0.2, 0.25) is 0 Å². The Balaban J connectivity index is 1.61. The van der Waals surface area contributed by atoms with Crippen LogP contribution in [0.3, 0.4) is 0 Å². The van der Waals surface area contributed by atoms with Crippen molar-refractivity contribution in [3.05, 3.63) is 42.2 Å². The summed E-state index contributed by atoms with van der Waals surface area (Å²) in [4.78, 5) is 9.14. The summed E-state index contributed by atoms with van der Waals surface area (Å²) in [5.74, 6) is 2.57. The number of benzene rings is 1. The van der Waals surface area contributed by atoms with E-state index in [1.165, 1.54) is 76.2 Å². The van der Waals surface area contributed by atoms with Gasteiger partial charge in [-0.15, -0.1) is 0 Å². The number of hydrogen-bond donors (Lipinski definition) is 0. The molecule has 0 N–H and O–H groups in total. The molecule has 0 aliphatic carbocycles. The van der Waals surface area contributed by atoms with Crippen molar-refractivity contribution in [1.29, 1.82) is 0 Å². The molecule has 0 aliphatic rings. The second-order valence-electron chi connectivity index (χ2n) is 9.26. The molecule has 0 saturated carbocycles. The lowest BCUT2D eigenvalue weighted by atomic mass is 10.0. The van der Waals surface area contributed by atoms with Crippen molar-refractivity contribution in [2.24, 2.45) is 5.92 Å². The maximum atomic E-state index is 5.91. The molecule has 1 aromatic heterocycles. The Hall–Kier alpha value is -1.90. The lowest BCUT2D eigenvalue weighted by Crippen LogP contribution is -1.98. The van der Waals surface area contributed by atoms with Crippen molar-refractivity contribution in [2.75, 3.05) is 6.61 Å². The first-order chi connectivity index (χ1) is 15.2. The average Bonchev–Trinajstić information content (AvgIpc) is 2.78. The van der Waals surface area contributed by atoms with Gasteiger partial charge in [-0.3, -0.25) is 0 Å². The molecule has 0 fully saturated rings. The van der Waals surface area contributed by atoms with Crippen LogP contribution in [0, 0.1) is 5.92 Å². The van der Waals surface area contributed by atoms with Crippen molar-refractivity contribution in [2.45, 2.75) is 104 Å². The van der Waals surface area contributed by atoms with E-state index in [9.17, 15) is 0 Å². The van der Waals surface area contributed by atoms with Crippen LogP contribution >= 0.6 is 0 Å². The van der Waals surface area contributed by atoms with Gasteiger partial charge in [-0.25, -0.2) is 9.97 Å². The Morgan fingerprint density at radius 3 is 2.03 bits per heavy atom. The van der Waals surface area contributed by atoms with E-state index >= 15 is 0 Å². The van der Waals surface area contributed by atoms with Gasteiger partial charge in [0.25, 0.3) is 0 Å². The Morgan fingerprint density at radius 1 is 0.742 bits per heavy atom. The normalized spacial score (nSPS) is 11.2. The van der Waals surface area contributed by atoms with Gasteiger partial charge in [0.2, 0.25) is 0 Å². The third kappa shape index (κ3) is 11.3. The largest absolute Gasteiger partial charge is 0.494 e. The van der Waals surface area contributed by atoms with Gasteiger partial charge in [-0.1, -0.05) is 85.0 Å². The average molecular weight is 425 g/mol. The monoisotopic (exact) mass is 424 g/mol. The van der Waals surface area contributed by atoms with E-state index in [0.29, 0.717) is 0 Å². The molecule has 0 aliphatic heterocycles. The number of ether oxygens (including phenoxy) is 1. The van der Waals surface area contributed by atoms with Crippen LogP contribution in [0.5, 0.6) is 5.75 Å². The molecule has 31 heavy (non-hydrogen) atoms. The third-order valence-corrected chi connectivity index (χ3v) is 5.83. The quantitative estimate of drug-likeness (QED) is 0.239. The van der Waals surface area contributed by atoms with Crippen molar-refractivity contribution in [3.63, 3.8) is 0 Å². The Bertz CT molecular complexity index is 679. The molecule has 0 saturated heterocycles. The second kappa shape index (κ2) is 15.8. The molecule has 3 heteroatoms. The lowest BCUT2D eigenvalue weighted by Gasteiger charge is -2.08. The summed E-state index contributed by atoms with van der Waals surface area (Å²) in [6.45, 7) is 7.67. The van der Waals surface area contributed by atoms with E-state index < -0.39 is 0 Å². The third-order valence-electron chi connectivity index (χ3n) is 5.83. The summed E-state index contributed by atoms with van der Waals surface area (Å²) in [7, 11) is 0. The zero-order valence-electron chi connectivity index (χ0n) is 20.2. The first-order valence-corrected chi connectivity index (χ1v) is 12.7. The Kier molecular flexibility index (Phi) is 13.0. The molecular weight excluding hydrogens is 380 g/mol. The topological polar surface area (TPSA) is 35.0 Å². The molecule has 172 valence electrons. The molecule has 0 radical (unpaired) electrons. The minimum atomic E-state index is 0.791. The van der Waals surface area contributed by atoms with Crippen molar-refractivity contribution < 1.29 is 4.74 Å². The molecule has 2 rings (SSSR count). The maximum Gasteiger partial charge on any atom is 0.159 e. The standard InChI is InChI=1S/C28H44N2O/c1-4-5-6-9-13-16-25-22-29-28(30-23-25)26-17-19-27(20-18-26)31-21-14-11-8-7-10-12-15-24(2)3/h17-20,22-24H,4-16,21H2,1-3H3. The lowest BCUT2D eigenvalue weighted by molar-refractivity contribution is 0.304. The summed E-state index contributed by atoms with van der Waals surface area (Å²) >= 11 is 0. The van der Waals surface area contributed by atoms with Gasteiger partial charge in [0.15, 0.2) is 5.82 Å².